The van der Waals surface area contributed by atoms with Gasteiger partial charge in [-0.1, -0.05) is 24.6 Å². The summed E-state index contributed by atoms with van der Waals surface area (Å²) in [6, 6.07) is 6.52. The molecule has 0 aliphatic heterocycles. The van der Waals surface area contributed by atoms with Crippen LogP contribution in [0.25, 0.3) is 17.0 Å². The standard InChI is InChI=1S/C15H18N/c1-5-6-13-12(3)10-16(4)15-8-7-11(2)9-14(13)15/h6-10H,4-5H2,1-3H3/q+1/b13-6-. The predicted molar refractivity (Wildman–Crippen MR) is 68.8 cm³/mol. The molecule has 0 radical (unpaired) electrons. The molecular weight excluding hydrogens is 194 g/mol. The number of fused-ring (bicyclic) bond motifs is 1. The molecule has 1 aromatic carbocycles. The number of rotatable bonds is 1. The number of aromatic nitrogens is 1. The Morgan fingerprint density at radius 2 is 2.06 bits per heavy atom. The lowest BCUT2D eigenvalue weighted by atomic mass is 10.1. The average Bonchev–Trinajstić information content (AvgIpc) is 2.23. The van der Waals surface area contributed by atoms with E-state index in [0.29, 0.717) is 0 Å². The molecule has 0 amide bonds. The Morgan fingerprint density at radius 1 is 1.31 bits per heavy atom. The van der Waals surface area contributed by atoms with Crippen molar-refractivity contribution in [3.63, 3.8) is 0 Å². The zero-order valence-corrected chi connectivity index (χ0v) is 10.2. The van der Waals surface area contributed by atoms with E-state index in [1.54, 1.807) is 0 Å². The maximum absolute atomic E-state index is 4.04. The van der Waals surface area contributed by atoms with Crippen molar-refractivity contribution in [1.82, 2.24) is 0 Å². The zero-order valence-electron chi connectivity index (χ0n) is 10.2. The van der Waals surface area contributed by atoms with Crippen LogP contribution in [0.5, 0.6) is 0 Å². The van der Waals surface area contributed by atoms with Gasteiger partial charge in [-0.15, -0.1) is 0 Å². The minimum atomic E-state index is 1.06. The van der Waals surface area contributed by atoms with Gasteiger partial charge in [0, 0.05) is 11.6 Å². The van der Waals surface area contributed by atoms with Crippen LogP contribution in [0.2, 0.25) is 0 Å². The van der Waals surface area contributed by atoms with Crippen LogP contribution in [0.15, 0.2) is 24.4 Å². The molecular formula is C15H18N+. The van der Waals surface area contributed by atoms with Gasteiger partial charge in [-0.2, -0.15) is 4.24 Å². The van der Waals surface area contributed by atoms with Crippen molar-refractivity contribution >= 4 is 17.0 Å². The number of hydrogen-bond donors (Lipinski definition) is 0. The first-order valence-corrected chi connectivity index (χ1v) is 5.73. The third kappa shape index (κ3) is 1.73. The maximum atomic E-state index is 4.04. The smallest absolute Gasteiger partial charge is 0.173 e. The molecule has 0 fully saturated rings. The van der Waals surface area contributed by atoms with Gasteiger partial charge in [0.15, 0.2) is 6.20 Å². The van der Waals surface area contributed by atoms with Crippen molar-refractivity contribution in [2.75, 3.05) is 0 Å². The molecule has 0 saturated carbocycles. The Bertz CT molecular complexity index is 639. The van der Waals surface area contributed by atoms with Gasteiger partial charge in [0.2, 0.25) is 5.52 Å². The number of nitrogens with zero attached hydrogens (tertiary/aromatic N) is 1. The summed E-state index contributed by atoms with van der Waals surface area (Å²) < 4.78 is 1.96. The Hall–Kier alpha value is -1.63. The molecule has 1 aromatic heterocycles. The monoisotopic (exact) mass is 212 g/mol. The molecule has 0 spiro atoms. The lowest BCUT2D eigenvalue weighted by molar-refractivity contribution is -0.468. The Kier molecular flexibility index (Phi) is 2.78. The normalized spacial score (nSPS) is 12.3. The van der Waals surface area contributed by atoms with E-state index >= 15 is 0 Å². The van der Waals surface area contributed by atoms with E-state index in [-0.39, 0.29) is 0 Å². The summed E-state index contributed by atoms with van der Waals surface area (Å²) >= 11 is 0. The van der Waals surface area contributed by atoms with Gasteiger partial charge in [0.05, 0.1) is 5.39 Å². The highest BCUT2D eigenvalue weighted by Crippen LogP contribution is 2.08. The van der Waals surface area contributed by atoms with Gasteiger partial charge in [-0.05, 0) is 31.6 Å². The summed E-state index contributed by atoms with van der Waals surface area (Å²) in [5.41, 5.74) is 3.77. The second-order valence-electron chi connectivity index (χ2n) is 4.33. The molecule has 0 aliphatic rings. The van der Waals surface area contributed by atoms with E-state index in [4.69, 9.17) is 0 Å². The number of benzene rings is 1. The summed E-state index contributed by atoms with van der Waals surface area (Å²) in [5, 5.41) is 2.65. The molecule has 1 heterocycles. The molecule has 2 aromatic rings. The van der Waals surface area contributed by atoms with Gasteiger partial charge in [-0.3, -0.25) is 0 Å². The van der Waals surface area contributed by atoms with Crippen LogP contribution in [0.1, 0.15) is 24.5 Å². The fourth-order valence-electron chi connectivity index (χ4n) is 2.18. The first-order chi connectivity index (χ1) is 7.63. The second kappa shape index (κ2) is 4.09. The highest BCUT2D eigenvalue weighted by atomic mass is 14.8. The average molecular weight is 212 g/mol. The summed E-state index contributed by atoms with van der Waals surface area (Å²) in [6.07, 6.45) is 5.45. The molecule has 0 N–H and O–H groups in total. The molecule has 1 heteroatoms. The van der Waals surface area contributed by atoms with E-state index in [2.05, 4.69) is 58.0 Å². The van der Waals surface area contributed by atoms with E-state index in [1.807, 2.05) is 4.24 Å². The molecule has 0 aliphatic carbocycles. The zero-order chi connectivity index (χ0) is 11.7. The number of hydrogen-bond acceptors (Lipinski definition) is 0. The summed E-state index contributed by atoms with van der Waals surface area (Å²) in [4.78, 5) is 0. The second-order valence-corrected chi connectivity index (χ2v) is 4.33. The lowest BCUT2D eigenvalue weighted by Crippen LogP contribution is -2.22. The highest BCUT2D eigenvalue weighted by molar-refractivity contribution is 5.78. The summed E-state index contributed by atoms with van der Waals surface area (Å²) in [6.45, 7) is 10.5. The van der Waals surface area contributed by atoms with Crippen LogP contribution in [-0.4, -0.2) is 0 Å². The molecule has 2 rings (SSSR count). The maximum Gasteiger partial charge on any atom is 0.217 e. The van der Waals surface area contributed by atoms with Crippen LogP contribution >= 0.6 is 0 Å². The van der Waals surface area contributed by atoms with Gasteiger partial charge in [0.1, 0.15) is 6.72 Å². The fraction of sp³-hybridized carbons (Fsp3) is 0.267. The van der Waals surface area contributed by atoms with E-state index < -0.39 is 0 Å². The Balaban J connectivity index is 3.04. The van der Waals surface area contributed by atoms with Gasteiger partial charge in [-0.25, -0.2) is 0 Å². The molecule has 82 valence electrons. The topological polar surface area (TPSA) is 5.90 Å². The van der Waals surface area contributed by atoms with Gasteiger partial charge >= 0.3 is 0 Å². The predicted octanol–water partition coefficient (Wildman–Crippen LogP) is 2.57. The fourth-order valence-corrected chi connectivity index (χ4v) is 2.18. The van der Waals surface area contributed by atoms with Crippen LogP contribution in [-0.2, 0) is 0 Å². The summed E-state index contributed by atoms with van der Waals surface area (Å²) in [5.74, 6) is 0. The third-order valence-electron chi connectivity index (χ3n) is 2.93. The van der Waals surface area contributed by atoms with Gasteiger partial charge < -0.3 is 0 Å². The highest BCUT2D eigenvalue weighted by Gasteiger charge is 2.06. The van der Waals surface area contributed by atoms with Crippen molar-refractivity contribution in [2.45, 2.75) is 27.2 Å². The van der Waals surface area contributed by atoms with Crippen molar-refractivity contribution in [2.24, 2.45) is 0 Å². The van der Waals surface area contributed by atoms with Crippen molar-refractivity contribution in [3.05, 3.63) is 47.5 Å². The first-order valence-electron chi connectivity index (χ1n) is 5.73. The van der Waals surface area contributed by atoms with Crippen LogP contribution in [0.3, 0.4) is 0 Å². The van der Waals surface area contributed by atoms with Crippen LogP contribution in [0.4, 0.5) is 0 Å². The lowest BCUT2D eigenvalue weighted by Gasteiger charge is -1.99. The summed E-state index contributed by atoms with van der Waals surface area (Å²) in [7, 11) is 0. The molecule has 1 nitrogen and oxygen atoms in total. The minimum absolute atomic E-state index is 1.06. The number of aryl methyl sites for hydroxylation is 2. The van der Waals surface area contributed by atoms with E-state index in [9.17, 15) is 0 Å². The molecule has 0 bridgehead atoms. The minimum Gasteiger partial charge on any atom is -0.173 e. The van der Waals surface area contributed by atoms with E-state index in [0.717, 1.165) is 6.42 Å². The van der Waals surface area contributed by atoms with E-state index in [1.165, 1.54) is 27.2 Å². The van der Waals surface area contributed by atoms with Crippen LogP contribution in [0, 0.1) is 20.6 Å². The molecule has 0 unspecified atom stereocenters. The van der Waals surface area contributed by atoms with Gasteiger partial charge in [0.25, 0.3) is 0 Å². The molecule has 0 saturated heterocycles. The first kappa shape index (κ1) is 10.9. The largest absolute Gasteiger partial charge is 0.217 e. The SMILES string of the molecule is C=[n+]1cc(C)/c(=C/CC)c2cc(C)ccc21. The Labute approximate surface area is 96.4 Å². The van der Waals surface area contributed by atoms with Crippen molar-refractivity contribution in [1.29, 1.82) is 0 Å². The van der Waals surface area contributed by atoms with Crippen molar-refractivity contribution < 1.29 is 4.24 Å². The molecule has 16 heavy (non-hydrogen) atoms. The molecule has 0 atom stereocenters. The number of pyridine rings is 1. The van der Waals surface area contributed by atoms with Crippen molar-refractivity contribution in [3.8, 4) is 0 Å². The van der Waals surface area contributed by atoms with Crippen LogP contribution < -0.4 is 9.46 Å². The Morgan fingerprint density at radius 3 is 2.75 bits per heavy atom. The third-order valence-corrected chi connectivity index (χ3v) is 2.93. The quantitative estimate of drug-likeness (QED) is 0.641.